The number of aryl methyl sites for hydroxylation is 1. The molecule has 8 heteroatoms. The van der Waals surface area contributed by atoms with E-state index < -0.39 is 0 Å². The van der Waals surface area contributed by atoms with Crippen LogP contribution in [0.1, 0.15) is 56.5 Å². The maximum atomic E-state index is 9.77. The Kier molecular flexibility index (Phi) is 8.87. The summed E-state index contributed by atoms with van der Waals surface area (Å²) in [5.41, 5.74) is 6.21. The van der Waals surface area contributed by atoms with Gasteiger partial charge in [0.25, 0.3) is 0 Å². The molecule has 5 rings (SSSR count). The van der Waals surface area contributed by atoms with E-state index >= 15 is 0 Å². The van der Waals surface area contributed by atoms with Gasteiger partial charge < -0.3 is 10.2 Å². The van der Waals surface area contributed by atoms with E-state index in [9.17, 15) is 5.26 Å². The van der Waals surface area contributed by atoms with Crippen molar-refractivity contribution in [3.05, 3.63) is 77.5 Å². The summed E-state index contributed by atoms with van der Waals surface area (Å²) in [5, 5.41) is 17.4. The third kappa shape index (κ3) is 6.46. The molecule has 5 heterocycles. The highest BCUT2D eigenvalue weighted by Gasteiger charge is 2.29. The molecule has 0 bridgehead atoms. The molecule has 1 N–H and O–H groups in total. The van der Waals surface area contributed by atoms with Gasteiger partial charge in [-0.2, -0.15) is 10.4 Å². The highest BCUT2D eigenvalue weighted by Crippen LogP contribution is 2.30. The number of anilines is 1. The molecule has 1 aliphatic rings. The lowest BCUT2D eigenvalue weighted by Gasteiger charge is -2.43. The minimum atomic E-state index is -0.175. The van der Waals surface area contributed by atoms with Crippen molar-refractivity contribution < 1.29 is 0 Å². The van der Waals surface area contributed by atoms with Crippen LogP contribution in [0, 0.1) is 28.6 Å². The van der Waals surface area contributed by atoms with Crippen LogP contribution in [0.2, 0.25) is 0 Å². The number of nitriles is 1. The average molecular weight is 561 g/mol. The van der Waals surface area contributed by atoms with Crippen LogP contribution in [0.5, 0.6) is 0 Å². The molecule has 4 aromatic heterocycles. The molecule has 1 unspecified atom stereocenters. The van der Waals surface area contributed by atoms with Gasteiger partial charge in [-0.05, 0) is 70.5 Å². The Morgan fingerprint density at radius 1 is 1.12 bits per heavy atom. The first-order valence-corrected chi connectivity index (χ1v) is 14.8. The molecule has 0 amide bonds. The molecule has 42 heavy (non-hydrogen) atoms. The van der Waals surface area contributed by atoms with E-state index in [0.29, 0.717) is 11.6 Å². The molecule has 1 saturated heterocycles. The second-order valence-electron chi connectivity index (χ2n) is 11.6. The Morgan fingerprint density at radius 2 is 1.98 bits per heavy atom. The fourth-order valence-electron chi connectivity index (χ4n) is 5.49. The number of likely N-dealkylation sites (tertiary alicyclic amines) is 1. The molecule has 8 nitrogen and oxygen atoms in total. The summed E-state index contributed by atoms with van der Waals surface area (Å²) in [6.45, 7) is 13.2. The van der Waals surface area contributed by atoms with E-state index in [1.54, 1.807) is 10.7 Å². The van der Waals surface area contributed by atoms with Gasteiger partial charge in [0.05, 0.1) is 17.3 Å². The molecule has 1 atom stereocenters. The molecular weight excluding hydrogens is 520 g/mol. The fourth-order valence-corrected chi connectivity index (χ4v) is 5.49. The van der Waals surface area contributed by atoms with Crippen LogP contribution in [-0.4, -0.2) is 63.8 Å². The van der Waals surface area contributed by atoms with Gasteiger partial charge in [0.2, 0.25) is 0 Å². The van der Waals surface area contributed by atoms with Crippen molar-refractivity contribution >= 4 is 11.3 Å². The largest absolute Gasteiger partial charge is 0.355 e. The second-order valence-corrected chi connectivity index (χ2v) is 11.6. The Hall–Kier alpha value is -4.24. The minimum Gasteiger partial charge on any atom is -0.355 e. The van der Waals surface area contributed by atoms with Crippen LogP contribution >= 0.6 is 0 Å². The Morgan fingerprint density at radius 3 is 2.60 bits per heavy atom. The number of nitrogens with zero attached hydrogens (tertiary/aromatic N) is 7. The lowest BCUT2D eigenvalue weighted by molar-refractivity contribution is 0.0864. The first kappa shape index (κ1) is 29.3. The van der Waals surface area contributed by atoms with E-state index in [-0.39, 0.29) is 5.41 Å². The van der Waals surface area contributed by atoms with E-state index in [0.717, 1.165) is 72.9 Å². The second kappa shape index (κ2) is 12.7. The summed E-state index contributed by atoms with van der Waals surface area (Å²) in [4.78, 5) is 14.3. The van der Waals surface area contributed by atoms with Gasteiger partial charge in [-0.3, -0.25) is 9.88 Å². The number of aromatic nitrogens is 4. The van der Waals surface area contributed by atoms with Crippen LogP contribution in [0.4, 0.5) is 5.82 Å². The molecular formula is C34H40N8. The predicted molar refractivity (Wildman–Crippen MR) is 168 cm³/mol. The number of fused-ring (bicyclic) bond motifs is 1. The van der Waals surface area contributed by atoms with E-state index in [4.69, 9.17) is 4.98 Å². The van der Waals surface area contributed by atoms with Crippen LogP contribution < -0.4 is 10.2 Å². The highest BCUT2D eigenvalue weighted by molar-refractivity contribution is 5.85. The van der Waals surface area contributed by atoms with Gasteiger partial charge in [-0.25, -0.2) is 9.50 Å². The van der Waals surface area contributed by atoms with Crippen LogP contribution in [0.3, 0.4) is 0 Å². The fraction of sp³-hybridized carbons (Fsp3) is 0.412. The quantitative estimate of drug-likeness (QED) is 0.276. The SMILES string of the molecule is CCc1ccc(CN2CCC2CN(CC)c2ccc(-c3cc(C#CC(C)(C)CNC)cn4ncc(C#N)c34)cn2)cn1. The maximum Gasteiger partial charge on any atom is 0.128 e. The molecule has 216 valence electrons. The van der Waals surface area contributed by atoms with Gasteiger partial charge in [-0.15, -0.1) is 0 Å². The molecule has 0 aromatic carbocycles. The Bertz CT molecular complexity index is 1620. The van der Waals surface area contributed by atoms with Gasteiger partial charge >= 0.3 is 0 Å². The molecule has 4 aromatic rings. The van der Waals surface area contributed by atoms with Crippen molar-refractivity contribution in [2.45, 2.75) is 53.1 Å². The first-order valence-electron chi connectivity index (χ1n) is 14.8. The van der Waals surface area contributed by atoms with Crippen molar-refractivity contribution in [2.75, 3.05) is 38.1 Å². The summed E-state index contributed by atoms with van der Waals surface area (Å²) < 4.78 is 1.76. The maximum absolute atomic E-state index is 9.77. The van der Waals surface area contributed by atoms with Crippen LogP contribution in [0.25, 0.3) is 16.6 Å². The molecule has 0 radical (unpaired) electrons. The molecule has 0 saturated carbocycles. The molecule has 1 fully saturated rings. The summed E-state index contributed by atoms with van der Waals surface area (Å²) in [7, 11) is 1.93. The van der Waals surface area contributed by atoms with Crippen molar-refractivity contribution in [2.24, 2.45) is 5.41 Å². The number of likely N-dealkylation sites (N-methyl/N-ethyl adjacent to an activating group) is 1. The average Bonchev–Trinajstić information content (AvgIpc) is 3.42. The van der Waals surface area contributed by atoms with Gasteiger partial charge in [0.1, 0.15) is 11.9 Å². The number of hydrogen-bond acceptors (Lipinski definition) is 7. The lowest BCUT2D eigenvalue weighted by Crippen LogP contribution is -2.53. The van der Waals surface area contributed by atoms with E-state index in [1.807, 2.05) is 31.7 Å². The monoisotopic (exact) mass is 560 g/mol. The predicted octanol–water partition coefficient (Wildman–Crippen LogP) is 4.92. The van der Waals surface area contributed by atoms with Crippen molar-refractivity contribution in [1.29, 1.82) is 5.26 Å². The zero-order chi connectivity index (χ0) is 29.7. The molecule has 0 spiro atoms. The van der Waals surface area contributed by atoms with Crippen LogP contribution in [-0.2, 0) is 13.0 Å². The zero-order valence-electron chi connectivity index (χ0n) is 25.4. The molecule has 1 aliphatic heterocycles. The summed E-state index contributed by atoms with van der Waals surface area (Å²) in [5.74, 6) is 7.66. The standard InChI is InChI=1S/C34H40N8/c1-6-29-10-8-26(18-37-29)21-41-15-13-30(41)23-40(7-2)32-11-9-27(19-38-32)31-16-25(12-14-34(3,4)24-36-5)22-42-33(31)28(17-35)20-39-42/h8-11,16,18-20,22,30,36H,6-7,13,15,21,23-24H2,1-5H3. The van der Waals surface area contributed by atoms with Crippen molar-refractivity contribution in [3.63, 3.8) is 0 Å². The van der Waals surface area contributed by atoms with E-state index in [1.165, 1.54) is 12.0 Å². The lowest BCUT2D eigenvalue weighted by atomic mass is 9.94. The number of rotatable bonds is 10. The van der Waals surface area contributed by atoms with Gasteiger partial charge in [0.15, 0.2) is 0 Å². The first-order chi connectivity index (χ1) is 20.3. The summed E-state index contributed by atoms with van der Waals surface area (Å²) in [6, 6.07) is 13.3. The number of pyridine rings is 3. The van der Waals surface area contributed by atoms with Gasteiger partial charge in [0, 0.05) is 85.2 Å². The smallest absolute Gasteiger partial charge is 0.128 e. The normalized spacial score (nSPS) is 15.1. The van der Waals surface area contributed by atoms with Crippen LogP contribution in [0.15, 0.2) is 55.1 Å². The number of hydrogen-bond donors (Lipinski definition) is 1. The highest BCUT2D eigenvalue weighted by atomic mass is 15.3. The van der Waals surface area contributed by atoms with E-state index in [2.05, 4.69) is 95.1 Å². The van der Waals surface area contributed by atoms with Crippen molar-refractivity contribution in [3.8, 4) is 29.0 Å². The number of nitrogens with one attached hydrogen (secondary N) is 1. The summed E-state index contributed by atoms with van der Waals surface area (Å²) in [6.07, 6.45) is 9.57. The Labute approximate surface area is 249 Å². The third-order valence-corrected chi connectivity index (χ3v) is 7.99. The third-order valence-electron chi connectivity index (χ3n) is 7.99. The van der Waals surface area contributed by atoms with Crippen molar-refractivity contribution in [1.82, 2.24) is 29.8 Å². The topological polar surface area (TPSA) is 85.4 Å². The van der Waals surface area contributed by atoms with Gasteiger partial charge in [-0.1, -0.05) is 24.8 Å². The summed E-state index contributed by atoms with van der Waals surface area (Å²) >= 11 is 0. The Balaban J connectivity index is 1.36. The minimum absolute atomic E-state index is 0.175. The zero-order valence-corrected chi connectivity index (χ0v) is 25.4. The molecule has 0 aliphatic carbocycles.